The fraction of sp³-hybridized carbons (Fsp3) is 0.200. The number of carbonyl (C=O) groups excluding carboxylic acids is 1. The van der Waals surface area contributed by atoms with E-state index >= 15 is 0 Å². The predicted octanol–water partition coefficient (Wildman–Crippen LogP) is 4.81. The van der Waals surface area contributed by atoms with Gasteiger partial charge in [-0.25, -0.2) is 9.37 Å². The van der Waals surface area contributed by atoms with Gasteiger partial charge in [0.05, 0.1) is 16.3 Å². The number of halogens is 1. The maximum Gasteiger partial charge on any atom is 0.247 e. The van der Waals surface area contributed by atoms with Crippen molar-refractivity contribution in [1.29, 1.82) is 0 Å². The molecule has 1 amide bonds. The lowest BCUT2D eigenvalue weighted by atomic mass is 10.0. The molecule has 1 unspecified atom stereocenters. The molecule has 1 aromatic heterocycles. The highest BCUT2D eigenvalue weighted by atomic mass is 32.1. The lowest BCUT2D eigenvalue weighted by Gasteiger charge is -2.23. The summed E-state index contributed by atoms with van der Waals surface area (Å²) < 4.78 is 14.2. The van der Waals surface area contributed by atoms with E-state index in [-0.39, 0.29) is 17.8 Å². The SMILES string of the molecule is O=C(/C=C/c1nc2ccccc2s1)N1CCCC1c1ccc(F)cc1. The normalized spacial score (nSPS) is 17.6. The van der Waals surface area contributed by atoms with Crippen LogP contribution in [-0.2, 0) is 4.79 Å². The largest absolute Gasteiger partial charge is 0.332 e. The standard InChI is InChI=1S/C20H17FN2OS/c21-15-9-7-14(8-10-15)17-5-3-13-23(17)20(24)12-11-19-22-16-4-1-2-6-18(16)25-19/h1-2,4,6-12,17H,3,5,13H2/b12-11+. The zero-order valence-electron chi connectivity index (χ0n) is 13.6. The summed E-state index contributed by atoms with van der Waals surface area (Å²) in [5.41, 5.74) is 1.94. The molecule has 1 saturated heterocycles. The number of nitrogens with zero attached hydrogens (tertiary/aromatic N) is 2. The molecule has 3 nitrogen and oxygen atoms in total. The van der Waals surface area contributed by atoms with Crippen LogP contribution >= 0.6 is 11.3 Å². The van der Waals surface area contributed by atoms with Crippen LogP contribution in [0.2, 0.25) is 0 Å². The molecule has 126 valence electrons. The molecule has 0 spiro atoms. The summed E-state index contributed by atoms with van der Waals surface area (Å²) in [7, 11) is 0. The molecule has 1 aliphatic rings. The first kappa shape index (κ1) is 16.0. The van der Waals surface area contributed by atoms with Crippen molar-refractivity contribution < 1.29 is 9.18 Å². The van der Waals surface area contributed by atoms with Gasteiger partial charge in [0, 0.05) is 12.6 Å². The van der Waals surface area contributed by atoms with Gasteiger partial charge >= 0.3 is 0 Å². The maximum atomic E-state index is 13.1. The Morgan fingerprint density at radius 3 is 2.80 bits per heavy atom. The molecule has 0 aliphatic carbocycles. The van der Waals surface area contributed by atoms with Crippen molar-refractivity contribution in [2.24, 2.45) is 0 Å². The number of amides is 1. The average Bonchev–Trinajstić information content (AvgIpc) is 3.27. The van der Waals surface area contributed by atoms with E-state index in [1.807, 2.05) is 29.2 Å². The molecule has 1 atom stereocenters. The van der Waals surface area contributed by atoms with E-state index in [1.165, 1.54) is 12.1 Å². The Labute approximate surface area is 149 Å². The van der Waals surface area contributed by atoms with Crippen molar-refractivity contribution in [3.05, 3.63) is 71.0 Å². The summed E-state index contributed by atoms with van der Waals surface area (Å²) in [6.07, 6.45) is 5.25. The molecule has 4 rings (SSSR count). The van der Waals surface area contributed by atoms with Gasteiger partial charge in [0.2, 0.25) is 5.91 Å². The lowest BCUT2D eigenvalue weighted by molar-refractivity contribution is -0.126. The Kier molecular flexibility index (Phi) is 4.32. The summed E-state index contributed by atoms with van der Waals surface area (Å²) in [4.78, 5) is 19.0. The Morgan fingerprint density at radius 1 is 1.20 bits per heavy atom. The number of para-hydroxylation sites is 1. The van der Waals surface area contributed by atoms with E-state index in [2.05, 4.69) is 4.98 Å². The number of carbonyl (C=O) groups is 1. The Balaban J connectivity index is 1.52. The third kappa shape index (κ3) is 3.33. The molecular weight excluding hydrogens is 335 g/mol. The van der Waals surface area contributed by atoms with Crippen molar-refractivity contribution in [3.8, 4) is 0 Å². The second-order valence-corrected chi connectivity index (χ2v) is 7.16. The molecule has 1 aliphatic heterocycles. The van der Waals surface area contributed by atoms with Crippen LogP contribution in [-0.4, -0.2) is 22.3 Å². The summed E-state index contributed by atoms with van der Waals surface area (Å²) in [6, 6.07) is 14.4. The number of rotatable bonds is 3. The quantitative estimate of drug-likeness (QED) is 0.634. The minimum Gasteiger partial charge on any atom is -0.332 e. The third-order valence-corrected chi connectivity index (χ3v) is 5.47. The number of benzene rings is 2. The van der Waals surface area contributed by atoms with Crippen LogP contribution in [0, 0.1) is 5.82 Å². The number of fused-ring (bicyclic) bond motifs is 1. The minimum atomic E-state index is -0.254. The molecule has 0 bridgehead atoms. The molecule has 3 aromatic rings. The van der Waals surface area contributed by atoms with Crippen molar-refractivity contribution in [1.82, 2.24) is 9.88 Å². The van der Waals surface area contributed by atoms with Gasteiger partial charge in [-0.15, -0.1) is 11.3 Å². The van der Waals surface area contributed by atoms with E-state index in [0.717, 1.165) is 40.2 Å². The fourth-order valence-corrected chi connectivity index (χ4v) is 4.13. The molecular formula is C20H17FN2OS. The zero-order chi connectivity index (χ0) is 17.2. The van der Waals surface area contributed by atoms with E-state index in [9.17, 15) is 9.18 Å². The molecule has 0 radical (unpaired) electrons. The highest BCUT2D eigenvalue weighted by Crippen LogP contribution is 2.32. The topological polar surface area (TPSA) is 33.2 Å². The van der Waals surface area contributed by atoms with Crippen LogP contribution in [0.4, 0.5) is 4.39 Å². The first-order chi connectivity index (χ1) is 12.2. The summed E-state index contributed by atoms with van der Waals surface area (Å²) in [5.74, 6) is -0.276. The van der Waals surface area contributed by atoms with Crippen molar-refractivity contribution >= 4 is 33.5 Å². The first-order valence-corrected chi connectivity index (χ1v) is 9.12. The Bertz CT molecular complexity index is 899. The van der Waals surface area contributed by atoms with Crippen LogP contribution in [0.5, 0.6) is 0 Å². The van der Waals surface area contributed by atoms with Crippen molar-refractivity contribution in [2.75, 3.05) is 6.54 Å². The van der Waals surface area contributed by atoms with Gasteiger partial charge < -0.3 is 4.90 Å². The van der Waals surface area contributed by atoms with Crippen molar-refractivity contribution in [3.63, 3.8) is 0 Å². The molecule has 2 aromatic carbocycles. The van der Waals surface area contributed by atoms with Gasteiger partial charge in [-0.1, -0.05) is 24.3 Å². The number of hydrogen-bond acceptors (Lipinski definition) is 3. The van der Waals surface area contributed by atoms with E-state index < -0.39 is 0 Å². The van der Waals surface area contributed by atoms with Crippen LogP contribution in [0.25, 0.3) is 16.3 Å². The molecule has 1 fully saturated rings. The fourth-order valence-electron chi connectivity index (χ4n) is 3.26. The van der Waals surface area contributed by atoms with Crippen LogP contribution in [0.1, 0.15) is 29.5 Å². The van der Waals surface area contributed by atoms with Crippen molar-refractivity contribution in [2.45, 2.75) is 18.9 Å². The van der Waals surface area contributed by atoms with E-state index in [1.54, 1.807) is 35.6 Å². The van der Waals surface area contributed by atoms with Gasteiger partial charge in [0.25, 0.3) is 0 Å². The van der Waals surface area contributed by atoms with Gasteiger partial charge in [-0.05, 0) is 48.7 Å². The van der Waals surface area contributed by atoms with Gasteiger partial charge in [0.1, 0.15) is 10.8 Å². The second kappa shape index (κ2) is 6.76. The average molecular weight is 352 g/mol. The smallest absolute Gasteiger partial charge is 0.247 e. The molecule has 25 heavy (non-hydrogen) atoms. The number of hydrogen-bond donors (Lipinski definition) is 0. The highest BCUT2D eigenvalue weighted by Gasteiger charge is 2.28. The van der Waals surface area contributed by atoms with Gasteiger partial charge in [-0.2, -0.15) is 0 Å². The lowest BCUT2D eigenvalue weighted by Crippen LogP contribution is -2.28. The second-order valence-electron chi connectivity index (χ2n) is 6.09. The summed E-state index contributed by atoms with van der Waals surface area (Å²) in [6.45, 7) is 0.727. The summed E-state index contributed by atoms with van der Waals surface area (Å²) in [5, 5.41) is 0.826. The van der Waals surface area contributed by atoms with E-state index in [4.69, 9.17) is 0 Å². The zero-order valence-corrected chi connectivity index (χ0v) is 14.4. The number of aromatic nitrogens is 1. The predicted molar refractivity (Wildman–Crippen MR) is 98.7 cm³/mol. The van der Waals surface area contributed by atoms with Gasteiger partial charge in [0.15, 0.2) is 0 Å². The Morgan fingerprint density at radius 2 is 2.00 bits per heavy atom. The highest BCUT2D eigenvalue weighted by molar-refractivity contribution is 7.19. The number of likely N-dealkylation sites (tertiary alicyclic amines) is 1. The van der Waals surface area contributed by atoms with Crippen LogP contribution < -0.4 is 0 Å². The third-order valence-electron chi connectivity index (χ3n) is 4.47. The number of thiazole rings is 1. The molecule has 5 heteroatoms. The molecule has 0 saturated carbocycles. The Hall–Kier alpha value is -2.53. The van der Waals surface area contributed by atoms with Crippen LogP contribution in [0.15, 0.2) is 54.6 Å². The monoisotopic (exact) mass is 352 g/mol. The van der Waals surface area contributed by atoms with Gasteiger partial charge in [-0.3, -0.25) is 4.79 Å². The molecule has 0 N–H and O–H groups in total. The first-order valence-electron chi connectivity index (χ1n) is 8.30. The maximum absolute atomic E-state index is 13.1. The van der Waals surface area contributed by atoms with Crippen LogP contribution in [0.3, 0.4) is 0 Å². The minimum absolute atomic E-state index is 0.0214. The van der Waals surface area contributed by atoms with E-state index in [0.29, 0.717) is 0 Å². The molecule has 2 heterocycles. The summed E-state index contributed by atoms with van der Waals surface area (Å²) >= 11 is 1.57.